The predicted octanol–water partition coefficient (Wildman–Crippen LogP) is 3.91. The molecule has 0 amide bonds. The number of alkyl halides is 3. The van der Waals surface area contributed by atoms with Crippen LogP contribution in [0.4, 0.5) is 18.9 Å². The third-order valence-electron chi connectivity index (χ3n) is 2.28. The van der Waals surface area contributed by atoms with Crippen molar-refractivity contribution in [2.45, 2.75) is 13.1 Å². The van der Waals surface area contributed by atoms with Gasteiger partial charge < -0.3 is 10.4 Å². The first-order valence-electron chi connectivity index (χ1n) is 5.22. The Balaban J connectivity index is 2.83. The molecule has 0 unspecified atom stereocenters. The number of rotatable bonds is 4. The molecular weight excluding hydrogens is 327 g/mol. The van der Waals surface area contributed by atoms with Crippen LogP contribution in [0.15, 0.2) is 34.3 Å². The molecule has 0 spiro atoms. The van der Waals surface area contributed by atoms with Crippen molar-refractivity contribution in [2.24, 2.45) is 0 Å². The number of benzene rings is 1. The number of anilines is 1. The lowest BCUT2D eigenvalue weighted by molar-refractivity contribution is -0.137. The average Bonchev–Trinajstić information content (AvgIpc) is 2.26. The van der Waals surface area contributed by atoms with Gasteiger partial charge >= 0.3 is 12.1 Å². The van der Waals surface area contributed by atoms with Gasteiger partial charge in [-0.1, -0.05) is 22.0 Å². The standard InChI is InChI=1S/C12H11BrF3NO2/c1-7(11(18)19)2-3-17-10-5-8(12(14,15)16)4-9(13)6-10/h2,4-6,17H,3H2,1H3,(H,18,19)/b7-2-. The first-order chi connectivity index (χ1) is 8.70. The number of aliphatic carboxylic acids is 1. The molecule has 0 fully saturated rings. The molecule has 0 aromatic heterocycles. The van der Waals surface area contributed by atoms with Crippen LogP contribution < -0.4 is 5.32 Å². The molecule has 0 saturated heterocycles. The molecule has 1 aromatic carbocycles. The predicted molar refractivity (Wildman–Crippen MR) is 69.0 cm³/mol. The molecule has 7 heteroatoms. The maximum absolute atomic E-state index is 12.6. The number of carboxylic acid groups (broad SMARTS) is 1. The van der Waals surface area contributed by atoms with E-state index < -0.39 is 17.7 Å². The molecule has 0 heterocycles. The van der Waals surface area contributed by atoms with E-state index in [1.54, 1.807) is 0 Å². The lowest BCUT2D eigenvalue weighted by atomic mass is 10.2. The summed E-state index contributed by atoms with van der Waals surface area (Å²) < 4.78 is 38.0. The minimum absolute atomic E-state index is 0.124. The normalized spacial score (nSPS) is 12.4. The van der Waals surface area contributed by atoms with Crippen molar-refractivity contribution in [3.8, 4) is 0 Å². The van der Waals surface area contributed by atoms with Crippen molar-refractivity contribution >= 4 is 27.6 Å². The number of carbonyl (C=O) groups is 1. The Hall–Kier alpha value is -1.50. The monoisotopic (exact) mass is 337 g/mol. The van der Waals surface area contributed by atoms with Crippen LogP contribution in [0.5, 0.6) is 0 Å². The van der Waals surface area contributed by atoms with E-state index in [4.69, 9.17) is 5.11 Å². The summed E-state index contributed by atoms with van der Waals surface area (Å²) in [7, 11) is 0. The Morgan fingerprint density at radius 3 is 2.58 bits per heavy atom. The van der Waals surface area contributed by atoms with Crippen LogP contribution in [0.1, 0.15) is 12.5 Å². The molecule has 0 aliphatic heterocycles. The molecule has 0 aliphatic carbocycles. The molecule has 0 atom stereocenters. The SMILES string of the molecule is C/C(=C/CNc1cc(Br)cc(C(F)(F)F)c1)C(=O)O. The van der Waals surface area contributed by atoms with E-state index in [9.17, 15) is 18.0 Å². The molecule has 0 radical (unpaired) electrons. The summed E-state index contributed by atoms with van der Waals surface area (Å²) in [6.45, 7) is 1.54. The smallest absolute Gasteiger partial charge is 0.416 e. The lowest BCUT2D eigenvalue weighted by Crippen LogP contribution is -2.07. The van der Waals surface area contributed by atoms with Crippen LogP contribution in [-0.4, -0.2) is 17.6 Å². The Morgan fingerprint density at radius 2 is 2.05 bits per heavy atom. The van der Waals surface area contributed by atoms with Crippen molar-refractivity contribution in [3.05, 3.63) is 39.9 Å². The van der Waals surface area contributed by atoms with Gasteiger partial charge in [0.1, 0.15) is 0 Å². The van der Waals surface area contributed by atoms with Gasteiger partial charge in [-0.3, -0.25) is 0 Å². The summed E-state index contributed by atoms with van der Waals surface area (Å²) in [5, 5.41) is 11.3. The third-order valence-corrected chi connectivity index (χ3v) is 2.73. The molecule has 1 aromatic rings. The highest BCUT2D eigenvalue weighted by molar-refractivity contribution is 9.10. The fourth-order valence-corrected chi connectivity index (χ4v) is 1.76. The zero-order valence-electron chi connectivity index (χ0n) is 9.88. The molecule has 0 bridgehead atoms. The Kier molecular flexibility index (Phi) is 4.99. The number of hydrogen-bond donors (Lipinski definition) is 2. The Labute approximate surface area is 116 Å². The van der Waals surface area contributed by atoms with Gasteiger partial charge in [0.25, 0.3) is 0 Å². The Bertz CT molecular complexity index is 512. The molecule has 1 rings (SSSR count). The van der Waals surface area contributed by atoms with Gasteiger partial charge in [0, 0.05) is 22.3 Å². The van der Waals surface area contributed by atoms with Crippen molar-refractivity contribution in [1.29, 1.82) is 0 Å². The van der Waals surface area contributed by atoms with E-state index in [0.717, 1.165) is 12.1 Å². The minimum Gasteiger partial charge on any atom is -0.478 e. The fourth-order valence-electron chi connectivity index (χ4n) is 1.26. The first-order valence-corrected chi connectivity index (χ1v) is 6.01. The van der Waals surface area contributed by atoms with Crippen LogP contribution in [0.3, 0.4) is 0 Å². The maximum atomic E-state index is 12.6. The summed E-state index contributed by atoms with van der Waals surface area (Å²) in [6, 6.07) is 3.43. The highest BCUT2D eigenvalue weighted by Gasteiger charge is 2.31. The average molecular weight is 338 g/mol. The van der Waals surface area contributed by atoms with Crippen LogP contribution in [0, 0.1) is 0 Å². The van der Waals surface area contributed by atoms with Gasteiger partial charge in [-0.05, 0) is 25.1 Å². The van der Waals surface area contributed by atoms with Crippen LogP contribution in [-0.2, 0) is 11.0 Å². The van der Waals surface area contributed by atoms with E-state index in [1.807, 2.05) is 0 Å². The topological polar surface area (TPSA) is 49.3 Å². The molecule has 0 saturated carbocycles. The van der Waals surface area contributed by atoms with Crippen LogP contribution in [0.25, 0.3) is 0 Å². The van der Waals surface area contributed by atoms with E-state index >= 15 is 0 Å². The zero-order chi connectivity index (χ0) is 14.6. The highest BCUT2D eigenvalue weighted by atomic mass is 79.9. The molecular formula is C12H11BrF3NO2. The first kappa shape index (κ1) is 15.6. The minimum atomic E-state index is -4.42. The summed E-state index contributed by atoms with van der Waals surface area (Å²) in [5.41, 5.74) is -0.391. The summed E-state index contributed by atoms with van der Waals surface area (Å²) >= 11 is 3.00. The van der Waals surface area contributed by atoms with E-state index in [-0.39, 0.29) is 17.8 Å². The second-order valence-electron chi connectivity index (χ2n) is 3.80. The Morgan fingerprint density at radius 1 is 1.42 bits per heavy atom. The highest BCUT2D eigenvalue weighted by Crippen LogP contribution is 2.33. The van der Waals surface area contributed by atoms with Crippen molar-refractivity contribution in [1.82, 2.24) is 0 Å². The van der Waals surface area contributed by atoms with Gasteiger partial charge in [0.2, 0.25) is 0 Å². The molecule has 104 valence electrons. The summed E-state index contributed by atoms with van der Waals surface area (Å²) in [5.74, 6) is -1.06. The molecule has 19 heavy (non-hydrogen) atoms. The quantitative estimate of drug-likeness (QED) is 0.819. The second kappa shape index (κ2) is 6.10. The largest absolute Gasteiger partial charge is 0.478 e. The van der Waals surface area contributed by atoms with Gasteiger partial charge in [-0.15, -0.1) is 0 Å². The van der Waals surface area contributed by atoms with Gasteiger partial charge in [0.05, 0.1) is 5.56 Å². The van der Waals surface area contributed by atoms with Gasteiger partial charge in [-0.25, -0.2) is 4.79 Å². The van der Waals surface area contributed by atoms with E-state index in [2.05, 4.69) is 21.2 Å². The van der Waals surface area contributed by atoms with E-state index in [0.29, 0.717) is 4.47 Å². The number of hydrogen-bond acceptors (Lipinski definition) is 2. The third kappa shape index (κ3) is 4.94. The molecule has 2 N–H and O–H groups in total. The molecule has 3 nitrogen and oxygen atoms in total. The van der Waals surface area contributed by atoms with Gasteiger partial charge in [-0.2, -0.15) is 13.2 Å². The van der Waals surface area contributed by atoms with Gasteiger partial charge in [0.15, 0.2) is 0 Å². The van der Waals surface area contributed by atoms with Crippen molar-refractivity contribution in [3.63, 3.8) is 0 Å². The zero-order valence-corrected chi connectivity index (χ0v) is 11.5. The second-order valence-corrected chi connectivity index (χ2v) is 4.72. The fraction of sp³-hybridized carbons (Fsp3) is 0.250. The number of carboxylic acids is 1. The van der Waals surface area contributed by atoms with Crippen molar-refractivity contribution in [2.75, 3.05) is 11.9 Å². The number of nitrogens with one attached hydrogen (secondary N) is 1. The molecule has 0 aliphatic rings. The van der Waals surface area contributed by atoms with E-state index in [1.165, 1.54) is 19.1 Å². The summed E-state index contributed by atoms with van der Waals surface area (Å²) in [6.07, 6.45) is -3.04. The lowest BCUT2D eigenvalue weighted by Gasteiger charge is -2.11. The maximum Gasteiger partial charge on any atom is 0.416 e. The van der Waals surface area contributed by atoms with Crippen LogP contribution in [0.2, 0.25) is 0 Å². The van der Waals surface area contributed by atoms with Crippen LogP contribution >= 0.6 is 15.9 Å². The summed E-state index contributed by atoms with van der Waals surface area (Å²) in [4.78, 5) is 10.5. The number of halogens is 4. The van der Waals surface area contributed by atoms with Crippen molar-refractivity contribution < 1.29 is 23.1 Å².